The van der Waals surface area contributed by atoms with Crippen molar-refractivity contribution in [1.82, 2.24) is 0 Å². The Morgan fingerprint density at radius 1 is 0.750 bits per heavy atom. The quantitative estimate of drug-likeness (QED) is 0.126. The lowest BCUT2D eigenvalue weighted by molar-refractivity contribution is -0.137. The minimum Gasteiger partial charge on any atom is -0.497 e. The van der Waals surface area contributed by atoms with Crippen LogP contribution in [-0.4, -0.2) is 18.7 Å². The van der Waals surface area contributed by atoms with Crippen LogP contribution in [0.3, 0.4) is 0 Å². The average molecular weight is 495 g/mol. The van der Waals surface area contributed by atoms with Crippen LogP contribution in [0, 0.1) is 5.41 Å². The molecule has 0 N–H and O–H groups in total. The SMILES string of the molecule is CCCCCCCCCCCCCCCCCC(=O)C1(C(=O)Cc2ccccc2)C=CC(OC)=CC1. The third-order valence-electron chi connectivity index (χ3n) is 7.60. The molecule has 1 aliphatic rings. The lowest BCUT2D eigenvalue weighted by atomic mass is 9.71. The van der Waals surface area contributed by atoms with Gasteiger partial charge in [0, 0.05) is 12.8 Å². The number of hydrogen-bond donors (Lipinski definition) is 0. The van der Waals surface area contributed by atoms with Gasteiger partial charge in [-0.15, -0.1) is 0 Å². The maximum absolute atomic E-state index is 13.3. The Kier molecular flexibility index (Phi) is 15.2. The van der Waals surface area contributed by atoms with E-state index in [1.165, 1.54) is 83.5 Å². The number of Topliss-reactive ketones (excluding diaryl/α,β-unsaturated/α-hetero) is 2. The van der Waals surface area contributed by atoms with Crippen molar-refractivity contribution in [2.45, 2.75) is 122 Å². The summed E-state index contributed by atoms with van der Waals surface area (Å²) in [6, 6.07) is 9.72. The molecule has 0 saturated carbocycles. The van der Waals surface area contributed by atoms with Gasteiger partial charge in [0.15, 0.2) is 11.6 Å². The molecule has 1 aromatic rings. The van der Waals surface area contributed by atoms with E-state index in [1.807, 2.05) is 36.4 Å². The number of carbonyl (C=O) groups excluding carboxylic acids is 2. The van der Waals surface area contributed by atoms with Gasteiger partial charge in [-0.3, -0.25) is 9.59 Å². The summed E-state index contributed by atoms with van der Waals surface area (Å²) in [5.74, 6) is 0.765. The molecule has 0 radical (unpaired) electrons. The molecule has 0 bridgehead atoms. The van der Waals surface area contributed by atoms with E-state index in [1.54, 1.807) is 19.3 Å². The fourth-order valence-electron chi connectivity index (χ4n) is 5.16. The maximum atomic E-state index is 13.3. The standard InChI is InChI=1S/C33H50O3/c1-3-4-5-6-7-8-9-10-11-12-13-14-15-16-20-23-31(34)33(26-24-30(36-2)25-27-33)32(35)28-29-21-18-17-19-22-29/h17-19,21-22,24-26H,3-16,20,23,27-28H2,1-2H3. The third kappa shape index (κ3) is 10.8. The summed E-state index contributed by atoms with van der Waals surface area (Å²) in [4.78, 5) is 26.7. The molecule has 0 amide bonds. The zero-order valence-electron chi connectivity index (χ0n) is 23.1. The minimum atomic E-state index is -1.05. The van der Waals surface area contributed by atoms with Gasteiger partial charge in [0.2, 0.25) is 0 Å². The van der Waals surface area contributed by atoms with Gasteiger partial charge in [-0.25, -0.2) is 0 Å². The van der Waals surface area contributed by atoms with E-state index >= 15 is 0 Å². The molecule has 3 nitrogen and oxygen atoms in total. The molecule has 3 heteroatoms. The van der Waals surface area contributed by atoms with E-state index in [0.717, 1.165) is 24.2 Å². The Morgan fingerprint density at radius 2 is 1.28 bits per heavy atom. The van der Waals surface area contributed by atoms with Crippen molar-refractivity contribution >= 4 is 11.6 Å². The molecule has 1 aromatic carbocycles. The highest BCUT2D eigenvalue weighted by molar-refractivity contribution is 6.10. The number of ketones is 2. The summed E-state index contributed by atoms with van der Waals surface area (Å²) in [5.41, 5.74) is -0.0926. The van der Waals surface area contributed by atoms with Crippen LogP contribution in [-0.2, 0) is 20.7 Å². The van der Waals surface area contributed by atoms with Crippen molar-refractivity contribution in [2.24, 2.45) is 5.41 Å². The van der Waals surface area contributed by atoms with Crippen LogP contribution < -0.4 is 0 Å². The average Bonchev–Trinajstić information content (AvgIpc) is 2.91. The highest BCUT2D eigenvalue weighted by Crippen LogP contribution is 2.35. The first-order chi connectivity index (χ1) is 17.6. The van der Waals surface area contributed by atoms with Crippen LogP contribution in [0.15, 0.2) is 54.3 Å². The molecule has 1 atom stereocenters. The predicted octanol–water partition coefficient (Wildman–Crippen LogP) is 9.11. The lowest BCUT2D eigenvalue weighted by Crippen LogP contribution is -2.39. The lowest BCUT2D eigenvalue weighted by Gasteiger charge is -2.29. The van der Waals surface area contributed by atoms with Crippen molar-refractivity contribution in [2.75, 3.05) is 7.11 Å². The highest BCUT2D eigenvalue weighted by Gasteiger charge is 2.42. The molecule has 1 aliphatic carbocycles. The Bertz CT molecular complexity index is 807. The number of methoxy groups -OCH3 is 1. The largest absolute Gasteiger partial charge is 0.497 e. The van der Waals surface area contributed by atoms with E-state index in [4.69, 9.17) is 4.74 Å². The number of ether oxygens (including phenoxy) is 1. The first-order valence-electron chi connectivity index (χ1n) is 14.7. The van der Waals surface area contributed by atoms with Crippen LogP contribution in [0.25, 0.3) is 0 Å². The molecule has 0 saturated heterocycles. The van der Waals surface area contributed by atoms with Crippen molar-refractivity contribution in [3.05, 3.63) is 59.9 Å². The monoisotopic (exact) mass is 494 g/mol. The summed E-state index contributed by atoms with van der Waals surface area (Å²) in [5, 5.41) is 0. The topological polar surface area (TPSA) is 43.4 Å². The molecule has 36 heavy (non-hydrogen) atoms. The van der Waals surface area contributed by atoms with E-state index in [-0.39, 0.29) is 18.0 Å². The normalized spacial score (nSPS) is 17.1. The smallest absolute Gasteiger partial charge is 0.154 e. The number of carbonyl (C=O) groups is 2. The van der Waals surface area contributed by atoms with E-state index < -0.39 is 5.41 Å². The van der Waals surface area contributed by atoms with E-state index in [2.05, 4.69) is 6.92 Å². The highest BCUT2D eigenvalue weighted by atomic mass is 16.5. The van der Waals surface area contributed by atoms with E-state index in [0.29, 0.717) is 12.8 Å². The summed E-state index contributed by atoms with van der Waals surface area (Å²) in [7, 11) is 1.62. The molecule has 2 rings (SSSR count). The van der Waals surface area contributed by atoms with Crippen molar-refractivity contribution in [3.63, 3.8) is 0 Å². The number of allylic oxidation sites excluding steroid dienone is 3. The Balaban J connectivity index is 1.63. The minimum absolute atomic E-state index is 0.0117. The molecule has 0 heterocycles. The summed E-state index contributed by atoms with van der Waals surface area (Å²) >= 11 is 0. The first-order valence-corrected chi connectivity index (χ1v) is 14.7. The van der Waals surface area contributed by atoms with Crippen LogP contribution in [0.1, 0.15) is 122 Å². The van der Waals surface area contributed by atoms with Crippen LogP contribution >= 0.6 is 0 Å². The van der Waals surface area contributed by atoms with Crippen LogP contribution in [0.4, 0.5) is 0 Å². The number of rotatable bonds is 21. The maximum Gasteiger partial charge on any atom is 0.154 e. The van der Waals surface area contributed by atoms with Crippen LogP contribution in [0.5, 0.6) is 0 Å². The second-order valence-electron chi connectivity index (χ2n) is 10.5. The second-order valence-corrected chi connectivity index (χ2v) is 10.5. The van der Waals surface area contributed by atoms with Gasteiger partial charge in [0.25, 0.3) is 0 Å². The zero-order chi connectivity index (χ0) is 25.9. The number of unbranched alkanes of at least 4 members (excludes halogenated alkanes) is 14. The number of benzene rings is 1. The second kappa shape index (κ2) is 18.1. The molecule has 1 unspecified atom stereocenters. The Hall–Kier alpha value is -2.16. The van der Waals surface area contributed by atoms with Gasteiger partial charge in [-0.05, 0) is 30.6 Å². The van der Waals surface area contributed by atoms with Crippen LogP contribution in [0.2, 0.25) is 0 Å². The number of hydrogen-bond acceptors (Lipinski definition) is 3. The molecular weight excluding hydrogens is 444 g/mol. The molecule has 0 spiro atoms. The van der Waals surface area contributed by atoms with Crippen molar-refractivity contribution < 1.29 is 14.3 Å². The fraction of sp³-hybridized carbons (Fsp3) is 0.636. The molecule has 0 fully saturated rings. The third-order valence-corrected chi connectivity index (χ3v) is 7.60. The van der Waals surface area contributed by atoms with Crippen molar-refractivity contribution in [3.8, 4) is 0 Å². The first kappa shape index (κ1) is 30.1. The van der Waals surface area contributed by atoms with Gasteiger partial charge >= 0.3 is 0 Å². The van der Waals surface area contributed by atoms with Gasteiger partial charge in [0.05, 0.1) is 7.11 Å². The Labute approximate surface area is 220 Å². The molecule has 0 aliphatic heterocycles. The molecule has 200 valence electrons. The Morgan fingerprint density at radius 3 is 1.75 bits per heavy atom. The molecule has 0 aromatic heterocycles. The van der Waals surface area contributed by atoms with Crippen molar-refractivity contribution in [1.29, 1.82) is 0 Å². The summed E-state index contributed by atoms with van der Waals surface area (Å²) in [6.07, 6.45) is 26.1. The van der Waals surface area contributed by atoms with E-state index in [9.17, 15) is 9.59 Å². The van der Waals surface area contributed by atoms with Gasteiger partial charge in [0.1, 0.15) is 11.2 Å². The predicted molar refractivity (Wildman–Crippen MR) is 151 cm³/mol. The molecular formula is C33H50O3. The summed E-state index contributed by atoms with van der Waals surface area (Å²) in [6.45, 7) is 2.27. The summed E-state index contributed by atoms with van der Waals surface area (Å²) < 4.78 is 5.30. The zero-order valence-corrected chi connectivity index (χ0v) is 23.1. The van der Waals surface area contributed by atoms with Gasteiger partial charge in [-0.1, -0.05) is 133 Å². The fourth-order valence-corrected chi connectivity index (χ4v) is 5.16. The van der Waals surface area contributed by atoms with Gasteiger partial charge < -0.3 is 4.74 Å². The van der Waals surface area contributed by atoms with Gasteiger partial charge in [-0.2, -0.15) is 0 Å².